The van der Waals surface area contributed by atoms with Gasteiger partial charge in [0, 0.05) is 30.8 Å². The molecule has 18 heavy (non-hydrogen) atoms. The Morgan fingerprint density at radius 1 is 1.44 bits per heavy atom. The molecule has 0 amide bonds. The third kappa shape index (κ3) is 4.02. The molecular formula is C14H20F2N2. The van der Waals surface area contributed by atoms with Gasteiger partial charge in [0.1, 0.15) is 0 Å². The molecule has 2 unspecified atom stereocenters. The highest BCUT2D eigenvalue weighted by Crippen LogP contribution is 2.40. The van der Waals surface area contributed by atoms with Gasteiger partial charge >= 0.3 is 0 Å². The van der Waals surface area contributed by atoms with E-state index in [4.69, 9.17) is 5.73 Å². The first kappa shape index (κ1) is 13.4. The summed E-state index contributed by atoms with van der Waals surface area (Å²) in [4.78, 5) is 4.23. The van der Waals surface area contributed by atoms with Gasteiger partial charge in [0.15, 0.2) is 0 Å². The molecule has 4 heteroatoms. The molecule has 2 nitrogen and oxygen atoms in total. The summed E-state index contributed by atoms with van der Waals surface area (Å²) in [6, 6.07) is 5.80. The predicted molar refractivity (Wildman–Crippen MR) is 67.4 cm³/mol. The smallest absolute Gasteiger partial charge is 0.248 e. The summed E-state index contributed by atoms with van der Waals surface area (Å²) in [5.74, 6) is -2.36. The van der Waals surface area contributed by atoms with Crippen LogP contribution in [-0.4, -0.2) is 16.9 Å². The third-order valence-electron chi connectivity index (χ3n) is 3.64. The van der Waals surface area contributed by atoms with Gasteiger partial charge in [-0.2, -0.15) is 0 Å². The minimum Gasteiger partial charge on any atom is -0.328 e. The first-order valence-electron chi connectivity index (χ1n) is 6.58. The van der Waals surface area contributed by atoms with E-state index in [0.717, 1.165) is 18.5 Å². The summed E-state index contributed by atoms with van der Waals surface area (Å²) in [5, 5.41) is 0. The fourth-order valence-corrected chi connectivity index (χ4v) is 2.67. The average Bonchev–Trinajstić information content (AvgIpc) is 2.67. The van der Waals surface area contributed by atoms with Crippen molar-refractivity contribution in [2.24, 2.45) is 11.7 Å². The lowest BCUT2D eigenvalue weighted by molar-refractivity contribution is 0.00445. The highest BCUT2D eigenvalue weighted by atomic mass is 19.3. The van der Waals surface area contributed by atoms with Crippen molar-refractivity contribution in [2.45, 2.75) is 50.5 Å². The van der Waals surface area contributed by atoms with Crippen molar-refractivity contribution < 1.29 is 8.78 Å². The van der Waals surface area contributed by atoms with Gasteiger partial charge in [0.25, 0.3) is 0 Å². The maximum atomic E-state index is 13.0. The Bertz CT molecular complexity index is 367. The Morgan fingerprint density at radius 3 is 2.89 bits per heavy atom. The van der Waals surface area contributed by atoms with Crippen LogP contribution in [0.3, 0.4) is 0 Å². The van der Waals surface area contributed by atoms with Crippen LogP contribution in [0.1, 0.15) is 37.8 Å². The van der Waals surface area contributed by atoms with Crippen LogP contribution in [0.5, 0.6) is 0 Å². The van der Waals surface area contributed by atoms with Gasteiger partial charge in [-0.25, -0.2) is 8.78 Å². The number of rotatable bonds is 5. The molecule has 1 heterocycles. The molecule has 0 bridgehead atoms. The lowest BCUT2D eigenvalue weighted by atomic mass is 9.95. The van der Waals surface area contributed by atoms with Crippen molar-refractivity contribution in [2.75, 3.05) is 0 Å². The zero-order chi connectivity index (χ0) is 13.0. The first-order valence-corrected chi connectivity index (χ1v) is 6.58. The molecule has 0 radical (unpaired) electrons. The van der Waals surface area contributed by atoms with Gasteiger partial charge in [-0.1, -0.05) is 6.07 Å². The molecule has 2 atom stereocenters. The normalized spacial score (nSPS) is 24.1. The molecule has 0 aromatic carbocycles. The second-order valence-electron chi connectivity index (χ2n) is 5.32. The van der Waals surface area contributed by atoms with Crippen LogP contribution in [0.15, 0.2) is 24.4 Å². The highest BCUT2D eigenvalue weighted by molar-refractivity contribution is 5.03. The fraction of sp³-hybridized carbons (Fsp3) is 0.643. The maximum Gasteiger partial charge on any atom is 0.248 e. The molecule has 0 saturated heterocycles. The molecule has 1 aliphatic rings. The van der Waals surface area contributed by atoms with Crippen molar-refractivity contribution in [1.29, 1.82) is 0 Å². The van der Waals surface area contributed by atoms with E-state index in [1.165, 1.54) is 0 Å². The number of pyridine rings is 1. The molecule has 0 aliphatic heterocycles. The van der Waals surface area contributed by atoms with Crippen LogP contribution < -0.4 is 5.73 Å². The molecule has 1 saturated carbocycles. The van der Waals surface area contributed by atoms with Gasteiger partial charge in [-0.15, -0.1) is 0 Å². The summed E-state index contributed by atoms with van der Waals surface area (Å²) in [5.41, 5.74) is 7.04. The van der Waals surface area contributed by atoms with Crippen molar-refractivity contribution in [3.8, 4) is 0 Å². The minimum atomic E-state index is -2.45. The standard InChI is InChI=1S/C14H20F2N2/c15-14(16)7-6-11(10-14)9-12(17)4-5-13-3-1-2-8-18-13/h1-3,8,11-12H,4-7,9-10,17H2. The van der Waals surface area contributed by atoms with Gasteiger partial charge in [-0.3, -0.25) is 4.98 Å². The van der Waals surface area contributed by atoms with E-state index >= 15 is 0 Å². The molecule has 1 aliphatic carbocycles. The third-order valence-corrected chi connectivity index (χ3v) is 3.64. The van der Waals surface area contributed by atoms with E-state index in [1.807, 2.05) is 18.2 Å². The SMILES string of the molecule is NC(CCc1ccccn1)CC1CCC(F)(F)C1. The Kier molecular flexibility index (Phi) is 4.27. The number of nitrogens with zero attached hydrogens (tertiary/aromatic N) is 1. The maximum absolute atomic E-state index is 13.0. The molecule has 100 valence electrons. The van der Waals surface area contributed by atoms with Crippen LogP contribution in [0.2, 0.25) is 0 Å². The highest BCUT2D eigenvalue weighted by Gasteiger charge is 2.39. The first-order chi connectivity index (χ1) is 8.55. The summed E-state index contributed by atoms with van der Waals surface area (Å²) >= 11 is 0. The largest absolute Gasteiger partial charge is 0.328 e. The minimum absolute atomic E-state index is 0.00547. The molecule has 2 rings (SSSR count). The van der Waals surface area contributed by atoms with E-state index in [-0.39, 0.29) is 24.8 Å². The van der Waals surface area contributed by atoms with Crippen molar-refractivity contribution in [3.05, 3.63) is 30.1 Å². The Balaban J connectivity index is 1.71. The topological polar surface area (TPSA) is 38.9 Å². The van der Waals surface area contributed by atoms with Gasteiger partial charge < -0.3 is 5.73 Å². The van der Waals surface area contributed by atoms with Crippen LogP contribution >= 0.6 is 0 Å². The number of halogens is 2. The Hall–Kier alpha value is -1.03. The summed E-state index contributed by atoms with van der Waals surface area (Å²) in [7, 11) is 0. The fourth-order valence-electron chi connectivity index (χ4n) is 2.67. The molecule has 0 spiro atoms. The number of hydrogen-bond acceptors (Lipinski definition) is 2. The molecule has 1 aromatic heterocycles. The van der Waals surface area contributed by atoms with Gasteiger partial charge in [-0.05, 0) is 43.7 Å². The zero-order valence-corrected chi connectivity index (χ0v) is 10.5. The van der Waals surface area contributed by atoms with Crippen molar-refractivity contribution in [3.63, 3.8) is 0 Å². The Labute approximate surface area is 107 Å². The second-order valence-corrected chi connectivity index (χ2v) is 5.32. The molecule has 2 N–H and O–H groups in total. The molecule has 1 aromatic rings. The number of aromatic nitrogens is 1. The van der Waals surface area contributed by atoms with Crippen LogP contribution in [-0.2, 0) is 6.42 Å². The van der Waals surface area contributed by atoms with E-state index in [1.54, 1.807) is 6.20 Å². The second kappa shape index (κ2) is 5.74. The summed E-state index contributed by atoms with van der Waals surface area (Å²) in [6.07, 6.45) is 4.78. The number of nitrogens with two attached hydrogens (primary N) is 1. The molecular weight excluding hydrogens is 234 g/mol. The Morgan fingerprint density at radius 2 is 2.28 bits per heavy atom. The number of aryl methyl sites for hydroxylation is 1. The van der Waals surface area contributed by atoms with E-state index in [0.29, 0.717) is 12.8 Å². The summed E-state index contributed by atoms with van der Waals surface area (Å²) < 4.78 is 26.1. The average molecular weight is 254 g/mol. The zero-order valence-electron chi connectivity index (χ0n) is 10.5. The van der Waals surface area contributed by atoms with Gasteiger partial charge in [0.2, 0.25) is 5.92 Å². The lowest BCUT2D eigenvalue weighted by Crippen LogP contribution is -2.24. The van der Waals surface area contributed by atoms with E-state index < -0.39 is 5.92 Å². The quantitative estimate of drug-likeness (QED) is 0.876. The predicted octanol–water partition coefficient (Wildman–Crippen LogP) is 3.17. The van der Waals surface area contributed by atoms with Crippen molar-refractivity contribution >= 4 is 0 Å². The van der Waals surface area contributed by atoms with E-state index in [2.05, 4.69) is 4.98 Å². The summed E-state index contributed by atoms with van der Waals surface area (Å²) in [6.45, 7) is 0. The monoisotopic (exact) mass is 254 g/mol. The number of alkyl halides is 2. The van der Waals surface area contributed by atoms with Crippen LogP contribution in [0, 0.1) is 5.92 Å². The number of hydrogen-bond donors (Lipinski definition) is 1. The van der Waals surface area contributed by atoms with Crippen LogP contribution in [0.25, 0.3) is 0 Å². The van der Waals surface area contributed by atoms with Crippen molar-refractivity contribution in [1.82, 2.24) is 4.98 Å². The lowest BCUT2D eigenvalue weighted by Gasteiger charge is -2.16. The van der Waals surface area contributed by atoms with E-state index in [9.17, 15) is 8.78 Å². The van der Waals surface area contributed by atoms with Crippen LogP contribution in [0.4, 0.5) is 8.78 Å². The van der Waals surface area contributed by atoms with Gasteiger partial charge in [0.05, 0.1) is 0 Å². The molecule has 1 fully saturated rings.